The molecular formula is C71H88N2. The van der Waals surface area contributed by atoms with Gasteiger partial charge in [-0.2, -0.15) is 0 Å². The van der Waals surface area contributed by atoms with Gasteiger partial charge in [0.15, 0.2) is 0 Å². The average molecular weight is 969 g/mol. The van der Waals surface area contributed by atoms with Crippen LogP contribution in [0.2, 0.25) is 0 Å². The molecule has 2 heteroatoms. The minimum Gasteiger partial charge on any atom is -0.310 e. The van der Waals surface area contributed by atoms with E-state index in [1.54, 1.807) is 11.1 Å². The Hall–Kier alpha value is -5.86. The molecule has 73 heavy (non-hydrogen) atoms. The number of anilines is 6. The van der Waals surface area contributed by atoms with Gasteiger partial charge in [0, 0.05) is 39.5 Å². The first-order valence-electron chi connectivity index (χ1n) is 28.6. The van der Waals surface area contributed by atoms with Gasteiger partial charge in [0.1, 0.15) is 0 Å². The second-order valence-electron chi connectivity index (χ2n) is 23.2. The molecule has 0 heterocycles. The maximum absolute atomic E-state index is 2.66. The van der Waals surface area contributed by atoms with E-state index in [-0.39, 0.29) is 10.8 Å². The third-order valence-corrected chi connectivity index (χ3v) is 16.2. The Morgan fingerprint density at radius 3 is 1.22 bits per heavy atom. The van der Waals surface area contributed by atoms with Crippen LogP contribution in [0.3, 0.4) is 0 Å². The van der Waals surface area contributed by atoms with Crippen molar-refractivity contribution in [2.45, 2.75) is 189 Å². The Labute approximate surface area is 443 Å². The Balaban J connectivity index is 1.17. The van der Waals surface area contributed by atoms with Crippen molar-refractivity contribution >= 4 is 34.1 Å². The van der Waals surface area contributed by atoms with E-state index in [1.165, 1.54) is 163 Å². The highest BCUT2D eigenvalue weighted by atomic mass is 15.2. The molecule has 8 rings (SSSR count). The number of hydrogen-bond acceptors (Lipinski definition) is 2. The molecule has 1 aliphatic carbocycles. The smallest absolute Gasteiger partial charge is 0.0466 e. The summed E-state index contributed by atoms with van der Waals surface area (Å²) in [6, 6.07) is 56.7. The van der Waals surface area contributed by atoms with Crippen LogP contribution in [0.5, 0.6) is 0 Å². The minimum atomic E-state index is 0.0369. The molecule has 0 amide bonds. The van der Waals surface area contributed by atoms with Gasteiger partial charge in [0.2, 0.25) is 0 Å². The topological polar surface area (TPSA) is 6.48 Å². The predicted octanol–water partition coefficient (Wildman–Crippen LogP) is 22.1. The molecule has 0 aromatic heterocycles. The van der Waals surface area contributed by atoms with Gasteiger partial charge in [0.25, 0.3) is 0 Å². The molecule has 0 radical (unpaired) electrons. The van der Waals surface area contributed by atoms with Crippen LogP contribution in [0.25, 0.3) is 22.3 Å². The summed E-state index contributed by atoms with van der Waals surface area (Å²) in [5.41, 5.74) is 23.6. The lowest BCUT2D eigenvalue weighted by Crippen LogP contribution is -2.26. The molecule has 2 nitrogen and oxygen atoms in total. The fourth-order valence-corrected chi connectivity index (χ4v) is 12.0. The fraction of sp³-hybridized carbons (Fsp3) is 0.408. The van der Waals surface area contributed by atoms with E-state index in [1.807, 2.05) is 0 Å². The molecule has 382 valence electrons. The van der Waals surface area contributed by atoms with Crippen LogP contribution in [0, 0.1) is 27.7 Å². The summed E-state index contributed by atoms with van der Waals surface area (Å²) < 4.78 is 0. The van der Waals surface area contributed by atoms with Gasteiger partial charge in [-0.1, -0.05) is 192 Å². The van der Waals surface area contributed by atoms with Gasteiger partial charge in [-0.15, -0.1) is 0 Å². The van der Waals surface area contributed by atoms with Crippen LogP contribution in [0.1, 0.15) is 195 Å². The molecule has 0 saturated heterocycles. The molecule has 0 aliphatic heterocycles. The molecular weight excluding hydrogens is 881 g/mol. The molecule has 0 saturated carbocycles. The number of aryl methyl sites for hydroxylation is 4. The van der Waals surface area contributed by atoms with Crippen molar-refractivity contribution in [3.8, 4) is 22.3 Å². The summed E-state index contributed by atoms with van der Waals surface area (Å²) >= 11 is 0. The lowest BCUT2D eigenvalue weighted by Gasteiger charge is -2.34. The minimum absolute atomic E-state index is 0.0369. The second-order valence-corrected chi connectivity index (χ2v) is 23.2. The second kappa shape index (κ2) is 24.0. The summed E-state index contributed by atoms with van der Waals surface area (Å²) in [5, 5.41) is 0. The molecule has 7 aromatic rings. The standard InChI is InChI=1S/C71H88N2/c1-12-15-17-19-21-23-41-71(42-24-22-20-18-16-13-2)68-49-57(55(8)14-3)27-39-66(68)67-40-28-58(50-69(67)71)56-25-31-60(32-26-56)72(64-45-51(4)43-52(5)46-64)62-35-37-63(38-36-62)73(65-47-53(6)44-54(7)48-65)61-33-29-59(30-34-61)70(9,10)11/h25-40,43-50,55H,12-24,41-42H2,1-11H3. The first-order valence-corrected chi connectivity index (χ1v) is 28.6. The number of rotatable bonds is 23. The van der Waals surface area contributed by atoms with E-state index < -0.39 is 0 Å². The highest BCUT2D eigenvalue weighted by Crippen LogP contribution is 2.56. The van der Waals surface area contributed by atoms with E-state index in [4.69, 9.17) is 0 Å². The van der Waals surface area contributed by atoms with Crippen molar-refractivity contribution in [3.63, 3.8) is 0 Å². The van der Waals surface area contributed by atoms with Crippen molar-refractivity contribution in [3.05, 3.63) is 190 Å². The molecule has 0 fully saturated rings. The van der Waals surface area contributed by atoms with Crippen LogP contribution in [0.15, 0.2) is 146 Å². The highest BCUT2D eigenvalue weighted by molar-refractivity contribution is 5.86. The number of unbranched alkanes of at least 4 members (excludes halogenated alkanes) is 10. The van der Waals surface area contributed by atoms with Crippen LogP contribution < -0.4 is 9.80 Å². The monoisotopic (exact) mass is 969 g/mol. The Morgan fingerprint density at radius 1 is 0.397 bits per heavy atom. The predicted molar refractivity (Wildman–Crippen MR) is 320 cm³/mol. The summed E-state index contributed by atoms with van der Waals surface area (Å²) in [7, 11) is 0. The van der Waals surface area contributed by atoms with Gasteiger partial charge in [-0.3, -0.25) is 0 Å². The summed E-state index contributed by atoms with van der Waals surface area (Å²) in [4.78, 5) is 4.84. The molecule has 0 N–H and O–H groups in total. The SMILES string of the molecule is CCCCCCCCC1(CCCCCCCC)c2cc(-c3ccc(N(c4ccc(N(c5ccc(C(C)(C)C)cc5)c5cc(C)cc(C)c5)cc4)c4cc(C)cc(C)c4)cc3)ccc2-c2ccc(C(C)CC)cc21. The van der Waals surface area contributed by atoms with Gasteiger partial charge in [-0.25, -0.2) is 0 Å². The number of nitrogens with zero attached hydrogens (tertiary/aromatic N) is 2. The zero-order chi connectivity index (χ0) is 51.7. The van der Waals surface area contributed by atoms with Crippen molar-refractivity contribution in [1.29, 1.82) is 0 Å². The normalized spacial score (nSPS) is 13.2. The summed E-state index contributed by atoms with van der Waals surface area (Å²) in [6.07, 6.45) is 19.6. The average Bonchev–Trinajstić information content (AvgIpc) is 3.63. The Morgan fingerprint density at radius 2 is 0.781 bits per heavy atom. The highest BCUT2D eigenvalue weighted by Gasteiger charge is 2.42. The van der Waals surface area contributed by atoms with Crippen molar-refractivity contribution in [2.24, 2.45) is 0 Å². The molecule has 7 aromatic carbocycles. The third kappa shape index (κ3) is 12.4. The maximum atomic E-state index is 2.66. The first kappa shape index (κ1) is 53.4. The largest absolute Gasteiger partial charge is 0.310 e. The van der Waals surface area contributed by atoms with E-state index >= 15 is 0 Å². The van der Waals surface area contributed by atoms with E-state index in [9.17, 15) is 0 Å². The van der Waals surface area contributed by atoms with Gasteiger partial charge >= 0.3 is 0 Å². The van der Waals surface area contributed by atoms with Crippen LogP contribution in [0.4, 0.5) is 34.1 Å². The number of benzene rings is 7. The molecule has 1 unspecified atom stereocenters. The zero-order valence-corrected chi connectivity index (χ0v) is 46.9. The molecule has 0 bridgehead atoms. The summed E-state index contributed by atoms with van der Waals surface area (Å²) in [5.74, 6) is 0.555. The number of hydrogen-bond donors (Lipinski definition) is 0. The maximum Gasteiger partial charge on any atom is 0.0466 e. The Kier molecular flexibility index (Phi) is 17.6. The van der Waals surface area contributed by atoms with Crippen molar-refractivity contribution < 1.29 is 0 Å². The van der Waals surface area contributed by atoms with Gasteiger partial charge < -0.3 is 9.80 Å². The third-order valence-electron chi connectivity index (χ3n) is 16.2. The van der Waals surface area contributed by atoms with Gasteiger partial charge in [-0.05, 0) is 204 Å². The van der Waals surface area contributed by atoms with E-state index in [0.717, 1.165) is 22.7 Å². The van der Waals surface area contributed by atoms with Crippen LogP contribution >= 0.6 is 0 Å². The van der Waals surface area contributed by atoms with Crippen molar-refractivity contribution in [1.82, 2.24) is 0 Å². The zero-order valence-electron chi connectivity index (χ0n) is 46.9. The van der Waals surface area contributed by atoms with E-state index in [0.29, 0.717) is 5.92 Å². The van der Waals surface area contributed by atoms with Crippen molar-refractivity contribution in [2.75, 3.05) is 9.80 Å². The lowest BCUT2D eigenvalue weighted by atomic mass is 9.69. The lowest BCUT2D eigenvalue weighted by molar-refractivity contribution is 0.397. The first-order chi connectivity index (χ1) is 35.2. The van der Waals surface area contributed by atoms with Gasteiger partial charge in [0.05, 0.1) is 0 Å². The molecule has 1 aliphatic rings. The molecule has 0 spiro atoms. The fourth-order valence-electron chi connectivity index (χ4n) is 12.0. The number of fused-ring (bicyclic) bond motifs is 3. The molecule has 1 atom stereocenters. The van der Waals surface area contributed by atoms with Crippen LogP contribution in [-0.2, 0) is 10.8 Å². The quantitative estimate of drug-likeness (QED) is 0.0590. The summed E-state index contributed by atoms with van der Waals surface area (Å²) in [6.45, 7) is 25.1. The van der Waals surface area contributed by atoms with Crippen LogP contribution in [-0.4, -0.2) is 0 Å². The Bertz CT molecular complexity index is 2840. The van der Waals surface area contributed by atoms with E-state index in [2.05, 4.69) is 232 Å².